The highest BCUT2D eigenvalue weighted by molar-refractivity contribution is 5.83. The monoisotopic (exact) mass is 289 g/mol. The summed E-state index contributed by atoms with van der Waals surface area (Å²) in [5, 5.41) is 23.2. The maximum absolute atomic E-state index is 12.6. The molecule has 1 aromatic heterocycles. The summed E-state index contributed by atoms with van der Waals surface area (Å²) < 4.78 is 1.40. The van der Waals surface area contributed by atoms with Gasteiger partial charge in [0.1, 0.15) is 6.33 Å². The SMILES string of the molecule is CC(C)[C@H](CO)NC(=O)[C@H](c1ccccc1)n1cnnn1. The van der Waals surface area contributed by atoms with E-state index in [1.54, 1.807) is 0 Å². The Bertz CT molecular complexity index is 556. The minimum atomic E-state index is -0.658. The van der Waals surface area contributed by atoms with Gasteiger partial charge >= 0.3 is 0 Å². The molecule has 0 aliphatic heterocycles. The number of amides is 1. The normalized spacial score (nSPS) is 13.9. The molecule has 0 spiro atoms. The molecule has 2 aromatic rings. The first-order valence-corrected chi connectivity index (χ1v) is 6.82. The maximum atomic E-state index is 12.6. The molecule has 2 atom stereocenters. The number of hydrogen-bond donors (Lipinski definition) is 2. The topological polar surface area (TPSA) is 92.9 Å². The van der Waals surface area contributed by atoms with E-state index in [0.717, 1.165) is 5.56 Å². The van der Waals surface area contributed by atoms with E-state index in [1.165, 1.54) is 11.0 Å². The highest BCUT2D eigenvalue weighted by Gasteiger charge is 2.26. The van der Waals surface area contributed by atoms with Gasteiger partial charge in [-0.3, -0.25) is 4.79 Å². The van der Waals surface area contributed by atoms with E-state index in [9.17, 15) is 9.90 Å². The number of aromatic nitrogens is 4. The van der Waals surface area contributed by atoms with Gasteiger partial charge in [0.15, 0.2) is 6.04 Å². The Kier molecular flexibility index (Phi) is 4.99. The van der Waals surface area contributed by atoms with Crippen molar-refractivity contribution in [3.63, 3.8) is 0 Å². The van der Waals surface area contributed by atoms with E-state index in [0.29, 0.717) is 0 Å². The number of benzene rings is 1. The molecule has 112 valence electrons. The second-order valence-corrected chi connectivity index (χ2v) is 5.14. The van der Waals surface area contributed by atoms with E-state index in [2.05, 4.69) is 20.8 Å². The van der Waals surface area contributed by atoms with Gasteiger partial charge in [-0.15, -0.1) is 5.10 Å². The van der Waals surface area contributed by atoms with E-state index >= 15 is 0 Å². The molecule has 1 heterocycles. The molecule has 0 saturated heterocycles. The fourth-order valence-electron chi connectivity index (χ4n) is 2.03. The highest BCUT2D eigenvalue weighted by atomic mass is 16.3. The fourth-order valence-corrected chi connectivity index (χ4v) is 2.03. The van der Waals surface area contributed by atoms with Gasteiger partial charge in [0.2, 0.25) is 5.91 Å². The molecule has 7 heteroatoms. The number of rotatable bonds is 6. The summed E-state index contributed by atoms with van der Waals surface area (Å²) in [7, 11) is 0. The molecule has 1 aromatic carbocycles. The molecule has 2 rings (SSSR count). The zero-order chi connectivity index (χ0) is 15.2. The molecule has 0 aliphatic carbocycles. The molecular formula is C14H19N5O2. The standard InChI is InChI=1S/C14H19N5O2/c1-10(2)12(8-20)16-14(21)13(19-9-15-17-18-19)11-6-4-3-5-7-11/h3-7,9-10,12-13,20H,8H2,1-2H3,(H,16,21)/t12-,13-/m0/s1. The lowest BCUT2D eigenvalue weighted by molar-refractivity contribution is -0.124. The predicted molar refractivity (Wildman–Crippen MR) is 76.3 cm³/mol. The van der Waals surface area contributed by atoms with Crippen LogP contribution in [0.4, 0.5) is 0 Å². The van der Waals surface area contributed by atoms with Crippen molar-refractivity contribution < 1.29 is 9.90 Å². The second kappa shape index (κ2) is 6.94. The van der Waals surface area contributed by atoms with E-state index in [-0.39, 0.29) is 24.5 Å². The summed E-state index contributed by atoms with van der Waals surface area (Å²) in [4.78, 5) is 12.6. The quantitative estimate of drug-likeness (QED) is 0.802. The predicted octanol–water partition coefficient (Wildman–Crippen LogP) is 0.396. The molecule has 0 radical (unpaired) electrons. The van der Waals surface area contributed by atoms with Crippen molar-refractivity contribution in [1.29, 1.82) is 0 Å². The third-order valence-electron chi connectivity index (χ3n) is 3.32. The molecule has 2 N–H and O–H groups in total. The van der Waals surface area contributed by atoms with E-state index in [4.69, 9.17) is 0 Å². The third kappa shape index (κ3) is 3.63. The van der Waals surface area contributed by atoms with Gasteiger partial charge in [-0.2, -0.15) is 0 Å². The highest BCUT2D eigenvalue weighted by Crippen LogP contribution is 2.17. The summed E-state index contributed by atoms with van der Waals surface area (Å²) in [5.41, 5.74) is 0.780. The number of carbonyl (C=O) groups is 1. The minimum absolute atomic E-state index is 0.111. The first-order valence-electron chi connectivity index (χ1n) is 6.82. The molecule has 21 heavy (non-hydrogen) atoms. The average Bonchev–Trinajstić information content (AvgIpc) is 2.99. The minimum Gasteiger partial charge on any atom is -0.394 e. The van der Waals surface area contributed by atoms with Crippen LogP contribution in [0.1, 0.15) is 25.5 Å². The van der Waals surface area contributed by atoms with Gasteiger partial charge < -0.3 is 10.4 Å². The van der Waals surface area contributed by atoms with Gasteiger partial charge in [-0.1, -0.05) is 44.2 Å². The molecule has 0 unspecified atom stereocenters. The number of nitrogens with zero attached hydrogens (tertiary/aromatic N) is 4. The number of aliphatic hydroxyl groups excluding tert-OH is 1. The summed E-state index contributed by atoms with van der Waals surface area (Å²) in [5.74, 6) is -0.120. The van der Waals surface area contributed by atoms with Gasteiger partial charge in [0.25, 0.3) is 0 Å². The summed E-state index contributed by atoms with van der Waals surface area (Å²) in [6, 6.07) is 8.31. The van der Waals surface area contributed by atoms with Crippen LogP contribution in [0.25, 0.3) is 0 Å². The van der Waals surface area contributed by atoms with Crippen molar-refractivity contribution in [3.05, 3.63) is 42.2 Å². The van der Waals surface area contributed by atoms with E-state index < -0.39 is 6.04 Å². The van der Waals surface area contributed by atoms with Crippen molar-refractivity contribution in [2.24, 2.45) is 5.92 Å². The Hall–Kier alpha value is -2.28. The van der Waals surface area contributed by atoms with Gasteiger partial charge in [-0.05, 0) is 21.9 Å². The molecular weight excluding hydrogens is 270 g/mol. The van der Waals surface area contributed by atoms with Crippen molar-refractivity contribution in [2.75, 3.05) is 6.61 Å². The third-order valence-corrected chi connectivity index (χ3v) is 3.32. The van der Waals surface area contributed by atoms with Crippen LogP contribution in [-0.2, 0) is 4.79 Å². The summed E-state index contributed by atoms with van der Waals surface area (Å²) in [6.45, 7) is 3.77. The average molecular weight is 289 g/mol. The van der Waals surface area contributed by atoms with Gasteiger partial charge in [-0.25, -0.2) is 4.68 Å². The number of carbonyl (C=O) groups excluding carboxylic acids is 1. The number of aliphatic hydroxyl groups is 1. The largest absolute Gasteiger partial charge is 0.394 e. The Morgan fingerprint density at radius 1 is 1.33 bits per heavy atom. The van der Waals surface area contributed by atoms with Crippen LogP contribution in [-0.4, -0.2) is 43.9 Å². The van der Waals surface area contributed by atoms with Crippen LogP contribution in [0.15, 0.2) is 36.7 Å². The smallest absolute Gasteiger partial charge is 0.249 e. The molecule has 0 bridgehead atoms. The first-order chi connectivity index (χ1) is 10.1. The van der Waals surface area contributed by atoms with Crippen molar-refractivity contribution in [3.8, 4) is 0 Å². The Labute approximate surface area is 123 Å². The molecule has 0 fully saturated rings. The summed E-state index contributed by atoms with van der Waals surface area (Å²) in [6.07, 6.45) is 1.40. The lowest BCUT2D eigenvalue weighted by Gasteiger charge is -2.23. The number of tetrazole rings is 1. The number of hydrogen-bond acceptors (Lipinski definition) is 5. The molecule has 0 saturated carbocycles. The lowest BCUT2D eigenvalue weighted by Crippen LogP contribution is -2.44. The fraction of sp³-hybridized carbons (Fsp3) is 0.429. The van der Waals surface area contributed by atoms with Crippen molar-refractivity contribution in [1.82, 2.24) is 25.5 Å². The van der Waals surface area contributed by atoms with Crippen molar-refractivity contribution >= 4 is 5.91 Å². The zero-order valence-electron chi connectivity index (χ0n) is 12.0. The van der Waals surface area contributed by atoms with Crippen LogP contribution in [0.5, 0.6) is 0 Å². The van der Waals surface area contributed by atoms with Crippen molar-refractivity contribution in [2.45, 2.75) is 25.9 Å². The summed E-state index contributed by atoms with van der Waals surface area (Å²) >= 11 is 0. The lowest BCUT2D eigenvalue weighted by atomic mass is 10.0. The molecule has 1 amide bonds. The Morgan fingerprint density at radius 3 is 2.57 bits per heavy atom. The van der Waals surface area contributed by atoms with Gasteiger partial charge in [0.05, 0.1) is 12.6 Å². The molecule has 7 nitrogen and oxygen atoms in total. The zero-order valence-corrected chi connectivity index (χ0v) is 12.0. The van der Waals surface area contributed by atoms with Crippen LogP contribution in [0.3, 0.4) is 0 Å². The second-order valence-electron chi connectivity index (χ2n) is 5.14. The molecule has 0 aliphatic rings. The van der Waals surface area contributed by atoms with Gasteiger partial charge in [0, 0.05) is 0 Å². The van der Waals surface area contributed by atoms with E-state index in [1.807, 2.05) is 44.2 Å². The van der Waals surface area contributed by atoms with Crippen LogP contribution >= 0.6 is 0 Å². The maximum Gasteiger partial charge on any atom is 0.249 e. The first kappa shape index (κ1) is 15.1. The Morgan fingerprint density at radius 2 is 2.05 bits per heavy atom. The number of nitrogens with one attached hydrogen (secondary N) is 1. The van der Waals surface area contributed by atoms with Crippen LogP contribution in [0.2, 0.25) is 0 Å². The van der Waals surface area contributed by atoms with Crippen LogP contribution in [0, 0.1) is 5.92 Å². The Balaban J connectivity index is 2.26. The van der Waals surface area contributed by atoms with Crippen LogP contribution < -0.4 is 5.32 Å².